The molecule has 0 spiro atoms. The Labute approximate surface area is 167 Å². The number of carbonyl (C=O) groups excluding carboxylic acids is 1. The van der Waals surface area contributed by atoms with Gasteiger partial charge >= 0.3 is 0 Å². The molecule has 3 aromatic rings. The van der Waals surface area contributed by atoms with E-state index in [1.807, 2.05) is 29.1 Å². The van der Waals surface area contributed by atoms with Gasteiger partial charge in [-0.25, -0.2) is 4.98 Å². The molecule has 5 nitrogen and oxygen atoms in total. The summed E-state index contributed by atoms with van der Waals surface area (Å²) in [7, 11) is 0. The third-order valence-electron chi connectivity index (χ3n) is 4.80. The Morgan fingerprint density at radius 1 is 1.22 bits per heavy atom. The molecule has 1 aromatic carbocycles. The second kappa shape index (κ2) is 7.71. The van der Waals surface area contributed by atoms with Crippen LogP contribution in [0.25, 0.3) is 0 Å². The van der Waals surface area contributed by atoms with Gasteiger partial charge in [0.1, 0.15) is 5.15 Å². The van der Waals surface area contributed by atoms with Crippen LogP contribution in [0.5, 0.6) is 0 Å². The van der Waals surface area contributed by atoms with Gasteiger partial charge < -0.3 is 5.32 Å². The Morgan fingerprint density at radius 3 is 2.81 bits per heavy atom. The molecule has 1 aliphatic carbocycles. The summed E-state index contributed by atoms with van der Waals surface area (Å²) in [4.78, 5) is 16.5. The van der Waals surface area contributed by atoms with Gasteiger partial charge in [0.15, 0.2) is 0 Å². The van der Waals surface area contributed by atoms with Gasteiger partial charge in [-0.15, -0.1) is 0 Å². The zero-order valence-electron chi connectivity index (χ0n) is 14.5. The first-order valence-electron chi connectivity index (χ1n) is 8.82. The molecule has 0 saturated carbocycles. The maximum absolute atomic E-state index is 12.6. The maximum atomic E-state index is 12.6. The molecule has 7 heteroatoms. The van der Waals surface area contributed by atoms with Crippen molar-refractivity contribution in [2.75, 3.05) is 0 Å². The lowest BCUT2D eigenvalue weighted by molar-refractivity contribution is 0.0932. The third kappa shape index (κ3) is 3.84. The first-order valence-corrected chi connectivity index (χ1v) is 9.58. The average Bonchev–Trinajstić information content (AvgIpc) is 3.09. The number of hydrogen-bond acceptors (Lipinski definition) is 3. The third-order valence-corrected chi connectivity index (χ3v) is 5.49. The molecule has 0 bridgehead atoms. The van der Waals surface area contributed by atoms with Crippen molar-refractivity contribution in [2.24, 2.45) is 0 Å². The van der Waals surface area contributed by atoms with Gasteiger partial charge in [-0.05, 0) is 30.9 Å². The molecule has 4 rings (SSSR count). The monoisotopic (exact) mass is 400 g/mol. The lowest BCUT2D eigenvalue weighted by Crippen LogP contribution is -2.31. The van der Waals surface area contributed by atoms with Crippen molar-refractivity contribution in [3.8, 4) is 0 Å². The van der Waals surface area contributed by atoms with Crippen molar-refractivity contribution in [2.45, 2.75) is 31.8 Å². The van der Waals surface area contributed by atoms with Crippen molar-refractivity contribution in [1.82, 2.24) is 20.1 Å². The van der Waals surface area contributed by atoms with Crippen LogP contribution in [0.2, 0.25) is 10.2 Å². The van der Waals surface area contributed by atoms with Crippen LogP contribution in [-0.4, -0.2) is 20.7 Å². The molecule has 27 heavy (non-hydrogen) atoms. The number of nitrogens with one attached hydrogen (secondary N) is 1. The summed E-state index contributed by atoms with van der Waals surface area (Å²) in [6, 6.07) is 11.7. The fourth-order valence-electron chi connectivity index (χ4n) is 3.45. The van der Waals surface area contributed by atoms with Crippen LogP contribution in [0.15, 0.2) is 48.8 Å². The Kier molecular flexibility index (Phi) is 5.14. The van der Waals surface area contributed by atoms with E-state index in [0.29, 0.717) is 5.56 Å². The number of pyridine rings is 1. The maximum Gasteiger partial charge on any atom is 0.253 e. The predicted octanol–water partition coefficient (Wildman–Crippen LogP) is 4.44. The highest BCUT2D eigenvalue weighted by Crippen LogP contribution is 2.30. The SMILES string of the molecule is O=C(NC1CCCc2c1cnn2Cc1ccccc1)c1cnc(Cl)c(Cl)c1. The lowest BCUT2D eigenvalue weighted by Gasteiger charge is -2.24. The van der Waals surface area contributed by atoms with Crippen LogP contribution in [0, 0.1) is 0 Å². The lowest BCUT2D eigenvalue weighted by atomic mass is 9.92. The minimum atomic E-state index is -0.213. The molecule has 1 N–H and O–H groups in total. The van der Waals surface area contributed by atoms with Crippen LogP contribution in [0.1, 0.15) is 46.1 Å². The number of rotatable bonds is 4. The standard InChI is InChI=1S/C20H18Cl2N4O/c21-16-9-14(10-23-19(16)22)20(27)25-17-7-4-8-18-15(17)11-24-26(18)12-13-5-2-1-3-6-13/h1-3,5-6,9-11,17H,4,7-8,12H2,(H,25,27). The van der Waals surface area contributed by atoms with Crippen molar-refractivity contribution < 1.29 is 4.79 Å². The van der Waals surface area contributed by atoms with Gasteiger partial charge in [-0.3, -0.25) is 9.48 Å². The first kappa shape index (κ1) is 18.0. The molecular weight excluding hydrogens is 383 g/mol. The Bertz CT molecular complexity index is 971. The number of hydrogen-bond donors (Lipinski definition) is 1. The van der Waals surface area contributed by atoms with Crippen LogP contribution >= 0.6 is 23.2 Å². The van der Waals surface area contributed by atoms with Gasteiger partial charge in [0.25, 0.3) is 5.91 Å². The fraction of sp³-hybridized carbons (Fsp3) is 0.250. The highest BCUT2D eigenvalue weighted by atomic mass is 35.5. The Balaban J connectivity index is 1.53. The largest absolute Gasteiger partial charge is 0.345 e. The summed E-state index contributed by atoms with van der Waals surface area (Å²) in [5.74, 6) is -0.213. The number of aromatic nitrogens is 3. The van der Waals surface area contributed by atoms with Gasteiger partial charge in [0, 0.05) is 17.5 Å². The van der Waals surface area contributed by atoms with Crippen LogP contribution in [-0.2, 0) is 13.0 Å². The number of carbonyl (C=O) groups is 1. The zero-order chi connectivity index (χ0) is 18.8. The molecule has 0 radical (unpaired) electrons. The first-order chi connectivity index (χ1) is 13.1. The smallest absolute Gasteiger partial charge is 0.253 e. The highest BCUT2D eigenvalue weighted by molar-refractivity contribution is 6.41. The molecule has 1 amide bonds. The molecule has 1 atom stereocenters. The van der Waals surface area contributed by atoms with Crippen molar-refractivity contribution >= 4 is 29.1 Å². The number of nitrogens with zero attached hydrogens (tertiary/aromatic N) is 3. The molecule has 2 heterocycles. The summed E-state index contributed by atoms with van der Waals surface area (Å²) in [6.07, 6.45) is 6.15. The summed E-state index contributed by atoms with van der Waals surface area (Å²) in [6.45, 7) is 0.730. The molecule has 138 valence electrons. The van der Waals surface area contributed by atoms with Crippen molar-refractivity contribution in [3.05, 3.63) is 81.4 Å². The van der Waals surface area contributed by atoms with Gasteiger partial charge in [-0.2, -0.15) is 5.10 Å². The van der Waals surface area contributed by atoms with E-state index < -0.39 is 0 Å². The van der Waals surface area contributed by atoms with Gasteiger partial charge in [-0.1, -0.05) is 53.5 Å². The second-order valence-corrected chi connectivity index (χ2v) is 7.37. The van der Waals surface area contributed by atoms with Gasteiger partial charge in [0.2, 0.25) is 0 Å². The summed E-state index contributed by atoms with van der Waals surface area (Å²) in [5.41, 5.74) is 3.87. The van der Waals surface area contributed by atoms with Crippen LogP contribution < -0.4 is 5.32 Å². The van der Waals surface area contributed by atoms with E-state index in [1.54, 1.807) is 0 Å². The molecule has 1 unspecified atom stereocenters. The predicted molar refractivity (Wildman–Crippen MR) is 105 cm³/mol. The zero-order valence-corrected chi connectivity index (χ0v) is 16.0. The van der Waals surface area contributed by atoms with E-state index in [2.05, 4.69) is 27.5 Å². The normalized spacial score (nSPS) is 16.0. The quantitative estimate of drug-likeness (QED) is 0.658. The summed E-state index contributed by atoms with van der Waals surface area (Å²) < 4.78 is 2.03. The molecule has 1 aliphatic rings. The second-order valence-electron chi connectivity index (χ2n) is 6.60. The van der Waals surface area contributed by atoms with Crippen molar-refractivity contribution in [1.29, 1.82) is 0 Å². The average molecular weight is 401 g/mol. The number of amides is 1. The van der Waals surface area contributed by atoms with E-state index in [9.17, 15) is 4.79 Å². The summed E-state index contributed by atoms with van der Waals surface area (Å²) in [5, 5.41) is 8.10. The summed E-state index contributed by atoms with van der Waals surface area (Å²) >= 11 is 11.8. The topological polar surface area (TPSA) is 59.8 Å². The number of benzene rings is 1. The minimum Gasteiger partial charge on any atom is -0.345 e. The van der Waals surface area contributed by atoms with Gasteiger partial charge in [0.05, 0.1) is 29.4 Å². The Hall–Kier alpha value is -2.37. The number of halogens is 2. The van der Waals surface area contributed by atoms with E-state index in [4.69, 9.17) is 23.2 Å². The Morgan fingerprint density at radius 2 is 2.04 bits per heavy atom. The van der Waals surface area contributed by atoms with E-state index >= 15 is 0 Å². The molecular formula is C20H18Cl2N4O. The van der Waals surface area contributed by atoms with E-state index in [0.717, 1.165) is 31.4 Å². The molecule has 0 saturated heterocycles. The fourth-order valence-corrected chi connectivity index (χ4v) is 3.72. The molecule has 0 aliphatic heterocycles. The molecule has 0 fully saturated rings. The van der Waals surface area contributed by atoms with Crippen LogP contribution in [0.4, 0.5) is 0 Å². The van der Waals surface area contributed by atoms with Crippen LogP contribution in [0.3, 0.4) is 0 Å². The van der Waals surface area contributed by atoms with E-state index in [1.165, 1.54) is 23.5 Å². The number of fused-ring (bicyclic) bond motifs is 1. The van der Waals surface area contributed by atoms with E-state index in [-0.39, 0.29) is 22.1 Å². The molecule has 2 aromatic heterocycles. The van der Waals surface area contributed by atoms with Crippen molar-refractivity contribution in [3.63, 3.8) is 0 Å². The highest BCUT2D eigenvalue weighted by Gasteiger charge is 2.26. The minimum absolute atomic E-state index is 0.0692.